The van der Waals surface area contributed by atoms with Crippen molar-refractivity contribution in [2.24, 2.45) is 0 Å². The number of carbonyl (C=O) groups excluding carboxylic acids is 1. The summed E-state index contributed by atoms with van der Waals surface area (Å²) < 4.78 is 7.10. The van der Waals surface area contributed by atoms with E-state index >= 15 is 0 Å². The van der Waals surface area contributed by atoms with Crippen molar-refractivity contribution in [1.82, 2.24) is 24.7 Å². The maximum Gasteiger partial charge on any atom is 0.259 e. The standard InChI is InChI=1S/C17H19N5O2/c1-10-7-12(3)22-16(19-10)13(9-18-22)17(23)21-6-4-5-14(21)15-8-11(2)20-24-15/h7-9,14H,4-6H2,1-3H3/t14-/m0/s1. The predicted octanol–water partition coefficient (Wildman–Crippen LogP) is 2.62. The first-order chi connectivity index (χ1) is 11.5. The summed E-state index contributed by atoms with van der Waals surface area (Å²) in [5.74, 6) is 0.689. The monoisotopic (exact) mass is 325 g/mol. The molecule has 1 atom stereocenters. The van der Waals surface area contributed by atoms with Crippen molar-refractivity contribution in [1.29, 1.82) is 0 Å². The number of aryl methyl sites for hydroxylation is 3. The van der Waals surface area contributed by atoms with E-state index in [-0.39, 0.29) is 11.9 Å². The molecule has 3 aromatic rings. The molecule has 0 unspecified atom stereocenters. The van der Waals surface area contributed by atoms with Gasteiger partial charge in [-0.1, -0.05) is 5.16 Å². The molecule has 124 valence electrons. The molecule has 24 heavy (non-hydrogen) atoms. The van der Waals surface area contributed by atoms with Crippen LogP contribution in [0, 0.1) is 20.8 Å². The molecule has 0 aromatic carbocycles. The Balaban J connectivity index is 1.73. The average molecular weight is 325 g/mol. The van der Waals surface area contributed by atoms with Gasteiger partial charge in [0.25, 0.3) is 5.91 Å². The Morgan fingerprint density at radius 3 is 2.83 bits per heavy atom. The second kappa shape index (κ2) is 5.43. The zero-order valence-corrected chi connectivity index (χ0v) is 14.0. The number of fused-ring (bicyclic) bond motifs is 1. The van der Waals surface area contributed by atoms with Crippen LogP contribution in [0.1, 0.15) is 52.1 Å². The molecule has 0 N–H and O–H groups in total. The Morgan fingerprint density at radius 2 is 2.08 bits per heavy atom. The van der Waals surface area contributed by atoms with E-state index in [1.165, 1.54) is 0 Å². The van der Waals surface area contributed by atoms with Gasteiger partial charge >= 0.3 is 0 Å². The Hall–Kier alpha value is -2.70. The predicted molar refractivity (Wildman–Crippen MR) is 86.7 cm³/mol. The average Bonchev–Trinajstić information content (AvgIpc) is 3.24. The van der Waals surface area contributed by atoms with Crippen LogP contribution in [0.5, 0.6) is 0 Å². The van der Waals surface area contributed by atoms with Crippen molar-refractivity contribution in [2.45, 2.75) is 39.7 Å². The lowest BCUT2D eigenvalue weighted by Crippen LogP contribution is -2.30. The molecule has 3 aromatic heterocycles. The topological polar surface area (TPSA) is 76.5 Å². The molecular weight excluding hydrogens is 306 g/mol. The van der Waals surface area contributed by atoms with E-state index in [0.29, 0.717) is 17.8 Å². The second-order valence-corrected chi connectivity index (χ2v) is 6.36. The third-order valence-corrected chi connectivity index (χ3v) is 4.50. The number of rotatable bonds is 2. The van der Waals surface area contributed by atoms with E-state index in [4.69, 9.17) is 4.52 Å². The third kappa shape index (κ3) is 2.28. The first-order valence-corrected chi connectivity index (χ1v) is 8.11. The molecule has 1 aliphatic rings. The van der Waals surface area contributed by atoms with Gasteiger partial charge in [-0.15, -0.1) is 0 Å². The van der Waals surface area contributed by atoms with Gasteiger partial charge in [0.15, 0.2) is 11.4 Å². The zero-order chi connectivity index (χ0) is 16.8. The van der Waals surface area contributed by atoms with Gasteiger partial charge in [0, 0.05) is 24.0 Å². The molecule has 4 rings (SSSR count). The van der Waals surface area contributed by atoms with Crippen LogP contribution in [0.15, 0.2) is 22.9 Å². The highest BCUT2D eigenvalue weighted by Crippen LogP contribution is 2.33. The maximum absolute atomic E-state index is 13.1. The van der Waals surface area contributed by atoms with Gasteiger partial charge in [0.1, 0.15) is 5.56 Å². The number of nitrogens with zero attached hydrogens (tertiary/aromatic N) is 5. The van der Waals surface area contributed by atoms with Crippen molar-refractivity contribution >= 4 is 11.6 Å². The molecule has 1 saturated heterocycles. The van der Waals surface area contributed by atoms with Crippen molar-refractivity contribution < 1.29 is 9.32 Å². The normalized spacial score (nSPS) is 17.8. The van der Waals surface area contributed by atoms with Crippen LogP contribution < -0.4 is 0 Å². The maximum atomic E-state index is 13.1. The van der Waals surface area contributed by atoms with E-state index < -0.39 is 0 Å². The number of likely N-dealkylation sites (tertiary alicyclic amines) is 1. The Labute approximate surface area is 139 Å². The second-order valence-electron chi connectivity index (χ2n) is 6.36. The molecule has 0 aliphatic carbocycles. The Bertz CT molecular complexity index is 926. The Kier molecular flexibility index (Phi) is 3.37. The molecule has 0 radical (unpaired) electrons. The van der Waals surface area contributed by atoms with Gasteiger partial charge in [-0.2, -0.15) is 5.10 Å². The minimum atomic E-state index is -0.0699. The van der Waals surface area contributed by atoms with Crippen LogP contribution in [0.2, 0.25) is 0 Å². The molecule has 1 aliphatic heterocycles. The van der Waals surface area contributed by atoms with Crippen molar-refractivity contribution in [3.63, 3.8) is 0 Å². The Morgan fingerprint density at radius 1 is 1.25 bits per heavy atom. The minimum absolute atomic E-state index is 0.0564. The summed E-state index contributed by atoms with van der Waals surface area (Å²) in [5, 5.41) is 8.27. The zero-order valence-electron chi connectivity index (χ0n) is 14.0. The van der Waals surface area contributed by atoms with Crippen LogP contribution in [0.3, 0.4) is 0 Å². The summed E-state index contributed by atoms with van der Waals surface area (Å²) in [6, 6.07) is 3.78. The number of carbonyl (C=O) groups is 1. The lowest BCUT2D eigenvalue weighted by molar-refractivity contribution is 0.0716. The van der Waals surface area contributed by atoms with Gasteiger partial charge in [-0.25, -0.2) is 9.50 Å². The summed E-state index contributed by atoms with van der Waals surface area (Å²) in [6.07, 6.45) is 3.43. The minimum Gasteiger partial charge on any atom is -0.359 e. The molecule has 0 bridgehead atoms. The van der Waals surface area contributed by atoms with Crippen molar-refractivity contribution in [3.8, 4) is 0 Å². The lowest BCUT2D eigenvalue weighted by Gasteiger charge is -2.22. The third-order valence-electron chi connectivity index (χ3n) is 4.50. The molecule has 0 spiro atoms. The fraction of sp³-hybridized carbons (Fsp3) is 0.412. The molecule has 1 fully saturated rings. The lowest BCUT2D eigenvalue weighted by atomic mass is 10.1. The molecule has 0 saturated carbocycles. The highest BCUT2D eigenvalue weighted by Gasteiger charge is 2.34. The van der Waals surface area contributed by atoms with E-state index in [1.54, 1.807) is 10.7 Å². The number of hydrogen-bond acceptors (Lipinski definition) is 5. The smallest absolute Gasteiger partial charge is 0.259 e. The molecule has 1 amide bonds. The van der Waals surface area contributed by atoms with Crippen LogP contribution in [-0.4, -0.2) is 37.1 Å². The quantitative estimate of drug-likeness (QED) is 0.724. The van der Waals surface area contributed by atoms with Gasteiger partial charge in [0.05, 0.1) is 17.9 Å². The van der Waals surface area contributed by atoms with Gasteiger partial charge < -0.3 is 9.42 Å². The highest BCUT2D eigenvalue weighted by atomic mass is 16.5. The van der Waals surface area contributed by atoms with E-state index in [2.05, 4.69) is 15.2 Å². The summed E-state index contributed by atoms with van der Waals surface area (Å²) in [4.78, 5) is 19.5. The fourth-order valence-corrected chi connectivity index (χ4v) is 3.42. The number of hydrogen-bond donors (Lipinski definition) is 0. The van der Waals surface area contributed by atoms with Gasteiger partial charge in [-0.05, 0) is 39.7 Å². The van der Waals surface area contributed by atoms with Gasteiger partial charge in [-0.3, -0.25) is 4.79 Å². The van der Waals surface area contributed by atoms with Crippen molar-refractivity contribution in [3.05, 3.63) is 46.7 Å². The number of amides is 1. The van der Waals surface area contributed by atoms with Crippen LogP contribution in [-0.2, 0) is 0 Å². The first kappa shape index (κ1) is 14.9. The first-order valence-electron chi connectivity index (χ1n) is 8.11. The van der Waals surface area contributed by atoms with Crippen LogP contribution in [0.4, 0.5) is 0 Å². The van der Waals surface area contributed by atoms with Crippen LogP contribution >= 0.6 is 0 Å². The molecule has 7 heteroatoms. The van der Waals surface area contributed by atoms with E-state index in [1.807, 2.05) is 37.8 Å². The van der Waals surface area contributed by atoms with Crippen molar-refractivity contribution in [2.75, 3.05) is 6.54 Å². The van der Waals surface area contributed by atoms with Crippen LogP contribution in [0.25, 0.3) is 5.65 Å². The summed E-state index contributed by atoms with van der Waals surface area (Å²) in [6.45, 7) is 6.46. The van der Waals surface area contributed by atoms with E-state index in [9.17, 15) is 4.79 Å². The molecule has 4 heterocycles. The fourth-order valence-electron chi connectivity index (χ4n) is 3.42. The molecular formula is C17H19N5O2. The number of aromatic nitrogens is 4. The van der Waals surface area contributed by atoms with Gasteiger partial charge in [0.2, 0.25) is 0 Å². The summed E-state index contributed by atoms with van der Waals surface area (Å²) in [7, 11) is 0. The SMILES string of the molecule is Cc1cc([C@@H]2CCCN2C(=O)c2cnn3c(C)cc(C)nc23)on1. The van der Waals surface area contributed by atoms with E-state index in [0.717, 1.165) is 35.7 Å². The summed E-state index contributed by atoms with van der Waals surface area (Å²) >= 11 is 0. The molecule has 7 nitrogen and oxygen atoms in total. The largest absolute Gasteiger partial charge is 0.359 e. The summed E-state index contributed by atoms with van der Waals surface area (Å²) in [5.41, 5.74) is 3.80. The highest BCUT2D eigenvalue weighted by molar-refractivity contribution is 6.00.